The molecule has 0 saturated heterocycles. The molecule has 0 fully saturated rings. The summed E-state index contributed by atoms with van der Waals surface area (Å²) >= 11 is 6.24. The number of rotatable bonds is 7. The van der Waals surface area contributed by atoms with Crippen molar-refractivity contribution in [3.8, 4) is 0 Å². The quantitative estimate of drug-likeness (QED) is 0.811. The molecule has 1 atom stereocenters. The van der Waals surface area contributed by atoms with Crippen LogP contribution in [0.3, 0.4) is 0 Å². The van der Waals surface area contributed by atoms with Gasteiger partial charge in [-0.2, -0.15) is 0 Å². The molecule has 0 spiro atoms. The predicted molar refractivity (Wildman–Crippen MR) is 88.7 cm³/mol. The number of urea groups is 1. The Hall–Kier alpha value is -1.26. The minimum Gasteiger partial charge on any atom is -0.338 e. The molecule has 0 aliphatic rings. The topological polar surface area (TPSA) is 44.4 Å². The first-order valence-corrected chi connectivity index (χ1v) is 7.72. The maximum atomic E-state index is 11.8. The Labute approximate surface area is 132 Å². The van der Waals surface area contributed by atoms with Crippen molar-refractivity contribution >= 4 is 17.6 Å². The molecule has 2 amide bonds. The molecule has 0 heterocycles. The number of carbonyl (C=O) groups excluding carboxylic acids is 1. The van der Waals surface area contributed by atoms with Crippen LogP contribution in [0.4, 0.5) is 4.79 Å². The van der Waals surface area contributed by atoms with Gasteiger partial charge in [-0.1, -0.05) is 43.6 Å². The second-order valence-corrected chi connectivity index (χ2v) is 6.23. The first kappa shape index (κ1) is 17.8. The normalized spacial score (nSPS) is 12.5. The van der Waals surface area contributed by atoms with Gasteiger partial charge in [0.25, 0.3) is 0 Å². The van der Waals surface area contributed by atoms with Gasteiger partial charge < -0.3 is 15.5 Å². The first-order chi connectivity index (χ1) is 9.91. The zero-order valence-corrected chi connectivity index (χ0v) is 14.1. The number of likely N-dealkylation sites (N-methyl/N-ethyl adjacent to an activating group) is 1. The highest BCUT2D eigenvalue weighted by molar-refractivity contribution is 6.31. The summed E-state index contributed by atoms with van der Waals surface area (Å²) in [6.07, 6.45) is 0.981. The maximum Gasteiger partial charge on any atom is 0.314 e. The Kier molecular flexibility index (Phi) is 7.54. The number of amides is 2. The van der Waals surface area contributed by atoms with E-state index < -0.39 is 0 Å². The molecular formula is C16H26ClN3O. The van der Waals surface area contributed by atoms with Crippen molar-refractivity contribution in [3.63, 3.8) is 0 Å². The molecule has 1 rings (SSSR count). The van der Waals surface area contributed by atoms with E-state index in [1.165, 1.54) is 0 Å². The number of halogens is 1. The largest absolute Gasteiger partial charge is 0.338 e. The average Bonchev–Trinajstić information content (AvgIpc) is 2.40. The number of benzene rings is 1. The molecule has 118 valence electrons. The Bertz CT molecular complexity index is 449. The summed E-state index contributed by atoms with van der Waals surface area (Å²) in [4.78, 5) is 13.8. The predicted octanol–water partition coefficient (Wildman–Crippen LogP) is 3.29. The van der Waals surface area contributed by atoms with Gasteiger partial charge in [0.15, 0.2) is 0 Å². The monoisotopic (exact) mass is 311 g/mol. The molecule has 2 N–H and O–H groups in total. The van der Waals surface area contributed by atoms with E-state index in [1.54, 1.807) is 0 Å². The Morgan fingerprint density at radius 3 is 2.48 bits per heavy atom. The van der Waals surface area contributed by atoms with Crippen LogP contribution in [0.2, 0.25) is 5.02 Å². The molecule has 0 radical (unpaired) electrons. The first-order valence-electron chi connectivity index (χ1n) is 7.34. The van der Waals surface area contributed by atoms with Crippen molar-refractivity contribution in [1.29, 1.82) is 0 Å². The lowest BCUT2D eigenvalue weighted by molar-refractivity contribution is 0.232. The van der Waals surface area contributed by atoms with Crippen molar-refractivity contribution < 1.29 is 4.79 Å². The fourth-order valence-electron chi connectivity index (χ4n) is 2.04. The summed E-state index contributed by atoms with van der Waals surface area (Å²) in [7, 11) is 3.96. The molecule has 1 unspecified atom stereocenters. The lowest BCUT2D eigenvalue weighted by Gasteiger charge is -2.26. The third kappa shape index (κ3) is 6.36. The van der Waals surface area contributed by atoms with Gasteiger partial charge in [0.2, 0.25) is 0 Å². The molecule has 1 aromatic carbocycles. The van der Waals surface area contributed by atoms with Crippen molar-refractivity contribution in [3.05, 3.63) is 34.9 Å². The highest BCUT2D eigenvalue weighted by atomic mass is 35.5. The van der Waals surface area contributed by atoms with E-state index in [2.05, 4.69) is 29.4 Å². The van der Waals surface area contributed by atoms with E-state index in [4.69, 9.17) is 11.6 Å². The van der Waals surface area contributed by atoms with Gasteiger partial charge in [-0.05, 0) is 38.1 Å². The van der Waals surface area contributed by atoms with Crippen LogP contribution in [-0.2, 0) is 0 Å². The number of carbonyl (C=O) groups is 1. The molecule has 0 aromatic heterocycles. The number of nitrogens with one attached hydrogen (secondary N) is 2. The molecule has 5 heteroatoms. The second kappa shape index (κ2) is 8.90. The van der Waals surface area contributed by atoms with Crippen LogP contribution in [0.1, 0.15) is 31.9 Å². The summed E-state index contributed by atoms with van der Waals surface area (Å²) in [6.45, 7) is 5.49. The lowest BCUT2D eigenvalue weighted by Crippen LogP contribution is -2.41. The molecular weight excluding hydrogens is 286 g/mol. The van der Waals surface area contributed by atoms with E-state index in [1.807, 2.05) is 38.4 Å². The Balaban J connectivity index is 2.53. The highest BCUT2D eigenvalue weighted by Crippen LogP contribution is 2.25. The zero-order valence-electron chi connectivity index (χ0n) is 13.3. The third-order valence-electron chi connectivity index (χ3n) is 3.35. The summed E-state index contributed by atoms with van der Waals surface area (Å²) < 4.78 is 0. The molecule has 1 aromatic rings. The van der Waals surface area contributed by atoms with Crippen molar-refractivity contribution in [2.45, 2.75) is 26.3 Å². The van der Waals surface area contributed by atoms with E-state index in [-0.39, 0.29) is 12.1 Å². The van der Waals surface area contributed by atoms with Crippen LogP contribution < -0.4 is 10.6 Å². The van der Waals surface area contributed by atoms with Crippen LogP contribution in [0.5, 0.6) is 0 Å². The summed E-state index contributed by atoms with van der Waals surface area (Å²) in [5.74, 6) is 0.586. The van der Waals surface area contributed by atoms with Crippen LogP contribution in [0.25, 0.3) is 0 Å². The minimum atomic E-state index is -0.130. The van der Waals surface area contributed by atoms with Gasteiger partial charge in [-0.15, -0.1) is 0 Å². The van der Waals surface area contributed by atoms with Gasteiger partial charge in [-0.3, -0.25) is 0 Å². The van der Waals surface area contributed by atoms with Crippen LogP contribution in [-0.4, -0.2) is 38.1 Å². The van der Waals surface area contributed by atoms with Gasteiger partial charge in [-0.25, -0.2) is 4.79 Å². The number of nitrogens with zero attached hydrogens (tertiary/aromatic N) is 1. The maximum absolute atomic E-state index is 11.8. The second-order valence-electron chi connectivity index (χ2n) is 5.82. The fraction of sp³-hybridized carbons (Fsp3) is 0.562. The lowest BCUT2D eigenvalue weighted by atomic mass is 10.1. The van der Waals surface area contributed by atoms with Crippen LogP contribution in [0, 0.1) is 5.92 Å². The van der Waals surface area contributed by atoms with Crippen LogP contribution >= 0.6 is 11.6 Å². The molecule has 21 heavy (non-hydrogen) atoms. The smallest absolute Gasteiger partial charge is 0.314 e. The number of hydrogen-bond acceptors (Lipinski definition) is 2. The Morgan fingerprint density at radius 2 is 1.90 bits per heavy atom. The third-order valence-corrected chi connectivity index (χ3v) is 3.69. The highest BCUT2D eigenvalue weighted by Gasteiger charge is 2.17. The van der Waals surface area contributed by atoms with Gasteiger partial charge in [0.1, 0.15) is 0 Å². The number of hydrogen-bond donors (Lipinski definition) is 2. The summed E-state index contributed by atoms with van der Waals surface area (Å²) in [6, 6.07) is 7.65. The zero-order chi connectivity index (χ0) is 15.8. The van der Waals surface area contributed by atoms with Crippen molar-refractivity contribution in [2.75, 3.05) is 27.2 Å². The van der Waals surface area contributed by atoms with Gasteiger partial charge in [0, 0.05) is 18.1 Å². The SMILES string of the molecule is CC(C)CCNC(=O)NCC(c1ccccc1Cl)N(C)C. The summed E-state index contributed by atoms with van der Waals surface area (Å²) in [5.41, 5.74) is 1.02. The molecule has 0 aliphatic heterocycles. The Morgan fingerprint density at radius 1 is 1.24 bits per heavy atom. The van der Waals surface area contributed by atoms with Crippen molar-refractivity contribution in [1.82, 2.24) is 15.5 Å². The molecule has 0 bridgehead atoms. The van der Waals surface area contributed by atoms with E-state index in [0.29, 0.717) is 19.0 Å². The van der Waals surface area contributed by atoms with Crippen molar-refractivity contribution in [2.24, 2.45) is 5.92 Å². The van der Waals surface area contributed by atoms with E-state index >= 15 is 0 Å². The van der Waals surface area contributed by atoms with E-state index in [9.17, 15) is 4.79 Å². The molecule has 0 saturated carbocycles. The van der Waals surface area contributed by atoms with Crippen LogP contribution in [0.15, 0.2) is 24.3 Å². The van der Waals surface area contributed by atoms with Gasteiger partial charge >= 0.3 is 6.03 Å². The summed E-state index contributed by atoms with van der Waals surface area (Å²) in [5, 5.41) is 6.51. The molecule has 4 nitrogen and oxygen atoms in total. The molecule has 0 aliphatic carbocycles. The standard InChI is InChI=1S/C16H26ClN3O/c1-12(2)9-10-18-16(21)19-11-15(20(3)4)13-7-5-6-8-14(13)17/h5-8,12,15H,9-11H2,1-4H3,(H2,18,19,21). The minimum absolute atomic E-state index is 0.0505. The average molecular weight is 312 g/mol. The fourth-order valence-corrected chi connectivity index (χ4v) is 2.30. The van der Waals surface area contributed by atoms with E-state index in [0.717, 1.165) is 17.0 Å². The van der Waals surface area contributed by atoms with Gasteiger partial charge in [0.05, 0.1) is 6.04 Å².